The van der Waals surface area contributed by atoms with Crippen LogP contribution >= 0.6 is 11.3 Å². The topological polar surface area (TPSA) is 109 Å². The number of hydrogen-bond donors (Lipinski definition) is 0. The number of nitrogens with zero attached hydrogens (tertiary/aromatic N) is 3. The van der Waals surface area contributed by atoms with E-state index in [0.717, 1.165) is 16.3 Å². The lowest BCUT2D eigenvalue weighted by Crippen LogP contribution is -2.23. The highest BCUT2D eigenvalue weighted by Gasteiger charge is 2.18. The van der Waals surface area contributed by atoms with Crippen molar-refractivity contribution in [3.05, 3.63) is 75.0 Å². The summed E-state index contributed by atoms with van der Waals surface area (Å²) in [6.45, 7) is 1.34. The summed E-state index contributed by atoms with van der Waals surface area (Å²) < 4.78 is 27.3. The van der Waals surface area contributed by atoms with Crippen molar-refractivity contribution >= 4 is 49.9 Å². The summed E-state index contributed by atoms with van der Waals surface area (Å²) in [5, 5.41) is 6.29. The van der Waals surface area contributed by atoms with E-state index in [1.165, 1.54) is 22.8 Å². The number of fused-ring (bicyclic) bond motifs is 2. The predicted octanol–water partition coefficient (Wildman–Crippen LogP) is 3.46. The van der Waals surface area contributed by atoms with Crippen LogP contribution in [0.25, 0.3) is 33.2 Å². The van der Waals surface area contributed by atoms with E-state index in [1.807, 2.05) is 36.4 Å². The Morgan fingerprint density at radius 3 is 2.24 bits per heavy atom. The third-order valence-corrected chi connectivity index (χ3v) is 6.19. The Morgan fingerprint density at radius 2 is 1.63 bits per heavy atom. The van der Waals surface area contributed by atoms with Gasteiger partial charge < -0.3 is 14.2 Å². The van der Waals surface area contributed by atoms with Crippen LogP contribution < -0.4 is 24.3 Å². The maximum absolute atomic E-state index is 13.0. The predicted molar refractivity (Wildman–Crippen MR) is 150 cm³/mol. The maximum atomic E-state index is 13.0. The average Bonchev–Trinajstić information content (AvgIpc) is 3.41. The van der Waals surface area contributed by atoms with Crippen molar-refractivity contribution < 1.29 is 23.2 Å². The Balaban J connectivity index is 0.000000786. The van der Waals surface area contributed by atoms with Crippen molar-refractivity contribution in [3.8, 4) is 28.6 Å². The minimum absolute atomic E-state index is 0.289. The fourth-order valence-corrected chi connectivity index (χ4v) is 4.58. The van der Waals surface area contributed by atoms with Gasteiger partial charge in [0.1, 0.15) is 5.75 Å². The summed E-state index contributed by atoms with van der Waals surface area (Å²) in [5.74, 6) is 1.37. The first-order chi connectivity index (χ1) is 18.2. The third-order valence-electron chi connectivity index (χ3n) is 5.23. The van der Waals surface area contributed by atoms with Crippen molar-refractivity contribution in [1.29, 1.82) is 0 Å². The van der Waals surface area contributed by atoms with Gasteiger partial charge in [-0.2, -0.15) is 9.50 Å². The summed E-state index contributed by atoms with van der Waals surface area (Å²) in [6.07, 6.45) is 5.03. The number of methoxy groups -OCH3 is 2. The Bertz CT molecular complexity index is 1770. The smallest absolute Gasteiger partial charge is 0.308 e. The van der Waals surface area contributed by atoms with E-state index in [2.05, 4.69) is 10.1 Å². The van der Waals surface area contributed by atoms with Crippen LogP contribution in [0, 0.1) is 0 Å². The molecule has 0 saturated carbocycles. The molecule has 0 saturated heterocycles. The number of carbonyl (C=O) groups is 1. The SMILES string of the molecule is COc1ccc(/C=c2/sc3nc(-c4cc5ccccc5cc4OC(C)=O)nn3c2=O)cc1OC.CS(C)=O. The fraction of sp³-hybridized carbons (Fsp3) is 0.185. The molecule has 11 heteroatoms. The van der Waals surface area contributed by atoms with Gasteiger partial charge in [-0.1, -0.05) is 41.7 Å². The van der Waals surface area contributed by atoms with Gasteiger partial charge in [-0.05, 0) is 46.7 Å². The number of thiazole rings is 1. The molecule has 0 fully saturated rings. The van der Waals surface area contributed by atoms with Gasteiger partial charge >= 0.3 is 5.97 Å². The molecule has 0 unspecified atom stereocenters. The summed E-state index contributed by atoms with van der Waals surface area (Å²) in [7, 11) is 2.51. The molecule has 0 aliphatic rings. The zero-order chi connectivity index (χ0) is 27.4. The molecule has 0 aliphatic carbocycles. The highest BCUT2D eigenvalue weighted by atomic mass is 32.2. The van der Waals surface area contributed by atoms with Gasteiger partial charge in [0.05, 0.1) is 24.3 Å². The Kier molecular flexibility index (Phi) is 8.18. The van der Waals surface area contributed by atoms with Gasteiger partial charge in [-0.15, -0.1) is 5.10 Å². The number of carbonyl (C=O) groups excluding carboxylic acids is 1. The first-order valence-electron chi connectivity index (χ1n) is 11.3. The van der Waals surface area contributed by atoms with Crippen LogP contribution in [0.3, 0.4) is 0 Å². The van der Waals surface area contributed by atoms with E-state index in [9.17, 15) is 13.8 Å². The van der Waals surface area contributed by atoms with Crippen LogP contribution in [0.15, 0.2) is 59.4 Å². The molecule has 9 nitrogen and oxygen atoms in total. The molecule has 0 bridgehead atoms. The van der Waals surface area contributed by atoms with E-state index in [0.29, 0.717) is 38.1 Å². The van der Waals surface area contributed by atoms with Crippen LogP contribution in [0.4, 0.5) is 0 Å². The molecule has 3 aromatic carbocycles. The Labute approximate surface area is 224 Å². The van der Waals surface area contributed by atoms with Crippen LogP contribution in [-0.4, -0.2) is 51.5 Å². The summed E-state index contributed by atoms with van der Waals surface area (Å²) in [6, 6.07) is 16.7. The molecule has 0 spiro atoms. The van der Waals surface area contributed by atoms with E-state index in [4.69, 9.17) is 14.2 Å². The second-order valence-corrected chi connectivity index (χ2v) is 10.7. The molecule has 2 heterocycles. The lowest BCUT2D eigenvalue weighted by atomic mass is 10.1. The standard InChI is InChI=1S/C25H19N3O5S.C2H6OS/c1-14(29)33-20-13-17-7-5-4-6-16(17)12-18(20)23-26-25-28(27-23)24(30)22(34-25)11-15-8-9-19(31-2)21(10-15)32-3;1-4(2)3/h4-13H,1-3H3;1-2H3/b22-11+;. The zero-order valence-electron chi connectivity index (χ0n) is 21.4. The molecule has 38 heavy (non-hydrogen) atoms. The van der Waals surface area contributed by atoms with Gasteiger partial charge in [-0.3, -0.25) is 13.8 Å². The molecule has 0 amide bonds. The monoisotopic (exact) mass is 551 g/mol. The second kappa shape index (κ2) is 11.5. The van der Waals surface area contributed by atoms with Crippen molar-refractivity contribution in [2.75, 3.05) is 26.7 Å². The lowest BCUT2D eigenvalue weighted by molar-refractivity contribution is -0.131. The Morgan fingerprint density at radius 1 is 0.974 bits per heavy atom. The normalized spacial score (nSPS) is 11.5. The number of benzene rings is 3. The molecule has 2 aromatic heterocycles. The van der Waals surface area contributed by atoms with Gasteiger partial charge in [0.25, 0.3) is 5.56 Å². The number of rotatable bonds is 5. The molecule has 0 radical (unpaired) electrons. The second-order valence-electron chi connectivity index (χ2n) is 8.19. The number of ether oxygens (including phenoxy) is 3. The van der Waals surface area contributed by atoms with E-state index >= 15 is 0 Å². The van der Waals surface area contributed by atoms with Crippen molar-refractivity contribution in [2.24, 2.45) is 0 Å². The quantitative estimate of drug-likeness (QED) is 0.241. The van der Waals surface area contributed by atoms with Crippen molar-refractivity contribution in [3.63, 3.8) is 0 Å². The molecule has 196 valence electrons. The number of aromatic nitrogens is 3. The number of hydrogen-bond acceptors (Lipinski definition) is 9. The zero-order valence-corrected chi connectivity index (χ0v) is 23.0. The molecule has 5 rings (SSSR count). The van der Waals surface area contributed by atoms with Crippen LogP contribution in [0.1, 0.15) is 12.5 Å². The summed E-state index contributed by atoms with van der Waals surface area (Å²) >= 11 is 1.22. The summed E-state index contributed by atoms with van der Waals surface area (Å²) in [4.78, 5) is 29.7. The molecule has 0 aliphatic heterocycles. The first-order valence-corrected chi connectivity index (χ1v) is 14.1. The first kappa shape index (κ1) is 27.0. The van der Waals surface area contributed by atoms with Gasteiger partial charge in [-0.25, -0.2) is 0 Å². The highest BCUT2D eigenvalue weighted by Crippen LogP contribution is 2.33. The van der Waals surface area contributed by atoms with Crippen molar-refractivity contribution in [1.82, 2.24) is 14.6 Å². The largest absolute Gasteiger partial charge is 0.493 e. The highest BCUT2D eigenvalue weighted by molar-refractivity contribution is 7.83. The maximum Gasteiger partial charge on any atom is 0.308 e. The Hall–Kier alpha value is -4.09. The van der Waals surface area contributed by atoms with Crippen LogP contribution in [-0.2, 0) is 15.6 Å². The molecule has 0 atom stereocenters. The number of esters is 1. The van der Waals surface area contributed by atoms with E-state index in [1.54, 1.807) is 51.0 Å². The minimum Gasteiger partial charge on any atom is -0.493 e. The van der Waals surface area contributed by atoms with E-state index < -0.39 is 16.8 Å². The fourth-order valence-electron chi connectivity index (χ4n) is 3.68. The van der Waals surface area contributed by atoms with Crippen LogP contribution in [0.2, 0.25) is 0 Å². The molecule has 0 N–H and O–H groups in total. The van der Waals surface area contributed by atoms with Crippen LogP contribution in [0.5, 0.6) is 17.2 Å². The van der Waals surface area contributed by atoms with Crippen molar-refractivity contribution in [2.45, 2.75) is 6.92 Å². The van der Waals surface area contributed by atoms with Gasteiger partial charge in [0, 0.05) is 30.2 Å². The van der Waals surface area contributed by atoms with Gasteiger partial charge in [0.15, 0.2) is 17.3 Å². The third kappa shape index (κ3) is 5.90. The minimum atomic E-state index is -0.611. The lowest BCUT2D eigenvalue weighted by Gasteiger charge is -2.08. The summed E-state index contributed by atoms with van der Waals surface area (Å²) in [5.41, 5.74) is 1.03. The van der Waals surface area contributed by atoms with E-state index in [-0.39, 0.29) is 5.56 Å². The molecular formula is C27H25N3O6S2. The van der Waals surface area contributed by atoms with Gasteiger partial charge in [0.2, 0.25) is 4.96 Å². The molecular weight excluding hydrogens is 526 g/mol. The average molecular weight is 552 g/mol. The molecule has 5 aromatic rings.